The third-order valence-corrected chi connectivity index (χ3v) is 5.43. The third kappa shape index (κ3) is 2.29. The van der Waals surface area contributed by atoms with Gasteiger partial charge in [0.1, 0.15) is 0 Å². The van der Waals surface area contributed by atoms with E-state index in [1.165, 1.54) is 0 Å². The smallest absolute Gasteiger partial charge is 0.237 e. The van der Waals surface area contributed by atoms with Crippen molar-refractivity contribution in [2.75, 3.05) is 13.7 Å². The molecule has 2 rings (SSSR count). The van der Waals surface area contributed by atoms with E-state index in [0.29, 0.717) is 5.92 Å². The Morgan fingerprint density at radius 2 is 2.11 bits per heavy atom. The SMILES string of the molecule is CCC1(CC)C(NC(=O)C2CCCN2)C(C)C1OC. The van der Waals surface area contributed by atoms with Gasteiger partial charge in [-0.15, -0.1) is 0 Å². The maximum atomic E-state index is 12.3. The number of nitrogens with one attached hydrogen (secondary N) is 2. The van der Waals surface area contributed by atoms with Gasteiger partial charge in [0.25, 0.3) is 0 Å². The van der Waals surface area contributed by atoms with Crippen LogP contribution in [0.25, 0.3) is 0 Å². The Hall–Kier alpha value is -0.610. The molecule has 1 saturated heterocycles. The average molecular weight is 268 g/mol. The van der Waals surface area contributed by atoms with Crippen LogP contribution in [0.5, 0.6) is 0 Å². The van der Waals surface area contributed by atoms with E-state index in [0.717, 1.165) is 32.2 Å². The predicted octanol–water partition coefficient (Wildman–Crippen LogP) is 1.69. The number of rotatable bonds is 5. The van der Waals surface area contributed by atoms with E-state index in [1.807, 2.05) is 0 Å². The van der Waals surface area contributed by atoms with Crippen molar-refractivity contribution >= 4 is 5.91 Å². The van der Waals surface area contributed by atoms with Gasteiger partial charge in [-0.3, -0.25) is 4.79 Å². The molecule has 1 aliphatic carbocycles. The molecule has 0 aromatic heterocycles. The van der Waals surface area contributed by atoms with E-state index in [9.17, 15) is 4.79 Å². The molecule has 4 atom stereocenters. The minimum Gasteiger partial charge on any atom is -0.380 e. The van der Waals surface area contributed by atoms with Gasteiger partial charge in [-0.25, -0.2) is 0 Å². The van der Waals surface area contributed by atoms with E-state index in [4.69, 9.17) is 4.74 Å². The predicted molar refractivity (Wildman–Crippen MR) is 75.9 cm³/mol. The van der Waals surface area contributed by atoms with Gasteiger partial charge in [0.05, 0.1) is 12.1 Å². The molecule has 0 spiro atoms. The summed E-state index contributed by atoms with van der Waals surface area (Å²) >= 11 is 0. The molecule has 1 amide bonds. The van der Waals surface area contributed by atoms with Crippen molar-refractivity contribution in [3.05, 3.63) is 0 Å². The van der Waals surface area contributed by atoms with Crippen molar-refractivity contribution in [3.63, 3.8) is 0 Å². The summed E-state index contributed by atoms with van der Waals surface area (Å²) in [5.41, 5.74) is 0.114. The molecular formula is C15H28N2O2. The van der Waals surface area contributed by atoms with Gasteiger partial charge >= 0.3 is 0 Å². The zero-order chi connectivity index (χ0) is 14.0. The molecule has 110 valence electrons. The molecule has 2 N–H and O–H groups in total. The van der Waals surface area contributed by atoms with Crippen molar-refractivity contribution < 1.29 is 9.53 Å². The molecule has 1 heterocycles. The minimum absolute atomic E-state index is 0.0141. The zero-order valence-electron chi connectivity index (χ0n) is 12.7. The number of hydrogen-bond donors (Lipinski definition) is 2. The van der Waals surface area contributed by atoms with Crippen LogP contribution in [0, 0.1) is 11.3 Å². The first-order valence-electron chi connectivity index (χ1n) is 7.67. The van der Waals surface area contributed by atoms with Crippen molar-refractivity contribution in [1.29, 1.82) is 0 Å². The Labute approximate surface area is 116 Å². The molecule has 2 aliphatic rings. The molecule has 1 aliphatic heterocycles. The van der Waals surface area contributed by atoms with Crippen LogP contribution < -0.4 is 10.6 Å². The quantitative estimate of drug-likeness (QED) is 0.798. The van der Waals surface area contributed by atoms with Crippen LogP contribution >= 0.6 is 0 Å². The van der Waals surface area contributed by atoms with E-state index in [1.54, 1.807) is 7.11 Å². The Morgan fingerprint density at radius 3 is 2.58 bits per heavy atom. The Morgan fingerprint density at radius 1 is 1.42 bits per heavy atom. The van der Waals surface area contributed by atoms with Crippen LogP contribution in [-0.4, -0.2) is 37.7 Å². The summed E-state index contributed by atoms with van der Waals surface area (Å²) in [5, 5.41) is 6.55. The summed E-state index contributed by atoms with van der Waals surface area (Å²) in [6, 6.07) is 0.266. The van der Waals surface area contributed by atoms with E-state index in [2.05, 4.69) is 31.4 Å². The first-order valence-corrected chi connectivity index (χ1v) is 7.67. The molecule has 4 nitrogen and oxygen atoms in total. The second-order valence-corrected chi connectivity index (χ2v) is 6.09. The van der Waals surface area contributed by atoms with Gasteiger partial charge in [0.15, 0.2) is 0 Å². The maximum absolute atomic E-state index is 12.3. The van der Waals surface area contributed by atoms with E-state index < -0.39 is 0 Å². The van der Waals surface area contributed by atoms with Crippen molar-refractivity contribution in [3.8, 4) is 0 Å². The van der Waals surface area contributed by atoms with Crippen LogP contribution in [0.1, 0.15) is 46.5 Å². The second-order valence-electron chi connectivity index (χ2n) is 6.09. The lowest BCUT2D eigenvalue weighted by atomic mass is 9.53. The molecule has 4 heteroatoms. The van der Waals surface area contributed by atoms with Crippen LogP contribution in [0.4, 0.5) is 0 Å². The fourth-order valence-electron chi connectivity index (χ4n) is 4.26. The summed E-state index contributed by atoms with van der Waals surface area (Å²) in [6.45, 7) is 7.55. The van der Waals surface area contributed by atoms with Crippen LogP contribution in [0.15, 0.2) is 0 Å². The number of amides is 1. The summed E-state index contributed by atoms with van der Waals surface area (Å²) in [7, 11) is 1.79. The van der Waals surface area contributed by atoms with Crippen LogP contribution in [0.2, 0.25) is 0 Å². The Bertz CT molecular complexity index is 322. The summed E-state index contributed by atoms with van der Waals surface area (Å²) in [6.07, 6.45) is 4.44. The van der Waals surface area contributed by atoms with Crippen LogP contribution in [-0.2, 0) is 9.53 Å². The number of methoxy groups -OCH3 is 1. The third-order valence-electron chi connectivity index (χ3n) is 5.43. The molecule has 19 heavy (non-hydrogen) atoms. The molecule has 4 unspecified atom stereocenters. The minimum atomic E-state index is 0.0141. The Balaban J connectivity index is 2.03. The fraction of sp³-hybridized carbons (Fsp3) is 0.933. The molecule has 0 aromatic carbocycles. The molecule has 0 aromatic rings. The lowest BCUT2D eigenvalue weighted by Crippen LogP contribution is -2.70. The largest absolute Gasteiger partial charge is 0.380 e. The standard InChI is InChI=1S/C15H28N2O2/c1-5-15(6-2)12(10(3)13(15)19-4)17-14(18)11-8-7-9-16-11/h10-13,16H,5-9H2,1-4H3,(H,17,18). The average Bonchev–Trinajstić information content (AvgIpc) is 2.95. The fourth-order valence-corrected chi connectivity index (χ4v) is 4.26. The van der Waals surface area contributed by atoms with Gasteiger partial charge < -0.3 is 15.4 Å². The van der Waals surface area contributed by atoms with Gasteiger partial charge in [-0.05, 0) is 32.2 Å². The normalized spacial score (nSPS) is 36.8. The summed E-state index contributed by atoms with van der Waals surface area (Å²) < 4.78 is 5.67. The number of ether oxygens (including phenoxy) is 1. The van der Waals surface area contributed by atoms with Crippen LogP contribution in [0.3, 0.4) is 0 Å². The first kappa shape index (κ1) is 14.8. The van der Waals surface area contributed by atoms with Gasteiger partial charge in [0.2, 0.25) is 5.91 Å². The molecular weight excluding hydrogens is 240 g/mol. The van der Waals surface area contributed by atoms with E-state index in [-0.39, 0.29) is 29.5 Å². The molecule has 0 bridgehead atoms. The highest BCUT2D eigenvalue weighted by Gasteiger charge is 2.59. The number of hydrogen-bond acceptors (Lipinski definition) is 3. The second kappa shape index (κ2) is 5.80. The van der Waals surface area contributed by atoms with Crippen molar-refractivity contribution in [2.45, 2.75) is 64.6 Å². The topological polar surface area (TPSA) is 50.4 Å². The highest BCUT2D eigenvalue weighted by Crippen LogP contribution is 2.52. The molecule has 1 saturated carbocycles. The molecule has 2 fully saturated rings. The Kier molecular flexibility index (Phi) is 4.51. The van der Waals surface area contributed by atoms with E-state index >= 15 is 0 Å². The van der Waals surface area contributed by atoms with Crippen molar-refractivity contribution in [2.24, 2.45) is 11.3 Å². The maximum Gasteiger partial charge on any atom is 0.237 e. The zero-order valence-corrected chi connectivity index (χ0v) is 12.7. The lowest BCUT2D eigenvalue weighted by Gasteiger charge is -2.59. The van der Waals surface area contributed by atoms with Gasteiger partial charge in [-0.1, -0.05) is 20.8 Å². The van der Waals surface area contributed by atoms with Gasteiger partial charge in [0, 0.05) is 24.5 Å². The highest BCUT2D eigenvalue weighted by atomic mass is 16.5. The summed E-state index contributed by atoms with van der Waals surface area (Å²) in [5.74, 6) is 0.574. The van der Waals surface area contributed by atoms with Crippen molar-refractivity contribution in [1.82, 2.24) is 10.6 Å². The lowest BCUT2D eigenvalue weighted by molar-refractivity contribution is -0.172. The number of carbonyl (C=O) groups is 1. The monoisotopic (exact) mass is 268 g/mol. The van der Waals surface area contributed by atoms with Gasteiger partial charge in [-0.2, -0.15) is 0 Å². The first-order chi connectivity index (χ1) is 9.10. The number of carbonyl (C=O) groups excluding carboxylic acids is 1. The summed E-state index contributed by atoms with van der Waals surface area (Å²) in [4.78, 5) is 12.3. The molecule has 0 radical (unpaired) electrons. The highest BCUT2D eigenvalue weighted by molar-refractivity contribution is 5.82.